The van der Waals surface area contributed by atoms with Crippen LogP contribution in [0.15, 0.2) is 42.6 Å². The first-order chi connectivity index (χ1) is 15.8. The van der Waals surface area contributed by atoms with Gasteiger partial charge in [-0.1, -0.05) is 12.1 Å². The van der Waals surface area contributed by atoms with Gasteiger partial charge in [0.2, 0.25) is 5.91 Å². The number of hydrogen-bond acceptors (Lipinski definition) is 6. The number of benzene rings is 1. The zero-order chi connectivity index (χ0) is 25.1. The molecule has 3 rings (SSSR count). The lowest BCUT2D eigenvalue weighted by molar-refractivity contribution is -0.120. The Labute approximate surface area is 200 Å². The molecule has 0 radical (unpaired) electrons. The standard InChI is InChI=1S/C26H33N3O5/c1-25(2,3)33-23(31)18-10-7-9-17(15-18)19-12-13-21(27-16-19)28-22(30)20-11-8-14-29(20)24(32)34-26(4,5)6/h7,9-10,12-13,15-16,20H,8,11,14H2,1-6H3,(H,27,28,30)/t20-/m1/s1. The molecular weight excluding hydrogens is 434 g/mol. The van der Waals surface area contributed by atoms with Crippen LogP contribution in [-0.4, -0.2) is 51.6 Å². The van der Waals surface area contributed by atoms with E-state index < -0.39 is 29.3 Å². The Balaban J connectivity index is 1.67. The number of carbonyl (C=O) groups is 3. The monoisotopic (exact) mass is 467 g/mol. The number of pyridine rings is 1. The number of nitrogens with one attached hydrogen (secondary N) is 1. The van der Waals surface area contributed by atoms with Gasteiger partial charge >= 0.3 is 12.1 Å². The topological polar surface area (TPSA) is 97.8 Å². The molecule has 0 spiro atoms. The molecule has 0 unspecified atom stereocenters. The van der Waals surface area contributed by atoms with Crippen LogP contribution in [0.4, 0.5) is 10.6 Å². The molecule has 2 aromatic rings. The normalized spacial score (nSPS) is 16.2. The van der Waals surface area contributed by atoms with Crippen molar-refractivity contribution in [1.82, 2.24) is 9.88 Å². The molecule has 0 saturated carbocycles. The average Bonchev–Trinajstić information content (AvgIpc) is 3.22. The van der Waals surface area contributed by atoms with Crippen molar-refractivity contribution in [2.24, 2.45) is 0 Å². The number of esters is 1. The molecule has 1 aliphatic heterocycles. The summed E-state index contributed by atoms with van der Waals surface area (Å²) in [5.74, 6) is -0.305. The first-order valence-electron chi connectivity index (χ1n) is 11.4. The molecule has 2 heterocycles. The maximum absolute atomic E-state index is 12.8. The quantitative estimate of drug-likeness (QED) is 0.633. The minimum Gasteiger partial charge on any atom is -0.456 e. The maximum Gasteiger partial charge on any atom is 0.410 e. The highest BCUT2D eigenvalue weighted by Crippen LogP contribution is 2.24. The van der Waals surface area contributed by atoms with Crippen LogP contribution in [0.1, 0.15) is 64.7 Å². The van der Waals surface area contributed by atoms with E-state index in [2.05, 4.69) is 10.3 Å². The summed E-state index contributed by atoms with van der Waals surface area (Å²) in [6.45, 7) is 11.3. The minimum atomic E-state index is -0.626. The number of ether oxygens (including phenoxy) is 2. The van der Waals surface area contributed by atoms with Crippen LogP contribution in [0.3, 0.4) is 0 Å². The molecule has 182 valence electrons. The molecule has 1 fully saturated rings. The molecular formula is C26H33N3O5. The van der Waals surface area contributed by atoms with Crippen LogP contribution in [0, 0.1) is 0 Å². The second kappa shape index (κ2) is 9.83. The minimum absolute atomic E-state index is 0.296. The Bertz CT molecular complexity index is 1050. The van der Waals surface area contributed by atoms with Crippen LogP contribution in [0.5, 0.6) is 0 Å². The lowest BCUT2D eigenvalue weighted by Crippen LogP contribution is -2.45. The predicted octanol–water partition coefficient (Wildman–Crippen LogP) is 5.04. The molecule has 0 aliphatic carbocycles. The molecule has 1 saturated heterocycles. The molecule has 2 amide bonds. The first kappa shape index (κ1) is 25.2. The SMILES string of the molecule is CC(C)(C)OC(=O)c1cccc(-c2ccc(NC(=O)[C@H]3CCCN3C(=O)OC(C)(C)C)nc2)c1. The number of hydrogen-bond donors (Lipinski definition) is 1. The van der Waals surface area contributed by atoms with E-state index in [1.807, 2.05) is 32.9 Å². The van der Waals surface area contributed by atoms with Gasteiger partial charge < -0.3 is 14.8 Å². The molecule has 34 heavy (non-hydrogen) atoms. The van der Waals surface area contributed by atoms with Gasteiger partial charge in [0.05, 0.1) is 5.56 Å². The number of nitrogens with zero attached hydrogens (tertiary/aromatic N) is 2. The van der Waals surface area contributed by atoms with Crippen molar-refractivity contribution in [3.8, 4) is 11.1 Å². The third kappa shape index (κ3) is 6.79. The lowest BCUT2D eigenvalue weighted by atomic mass is 10.0. The zero-order valence-electron chi connectivity index (χ0n) is 20.7. The summed E-state index contributed by atoms with van der Waals surface area (Å²) in [6.07, 6.45) is 2.45. The summed E-state index contributed by atoms with van der Waals surface area (Å²) in [7, 11) is 0. The number of anilines is 1. The average molecular weight is 468 g/mol. The Morgan fingerprint density at radius 1 is 0.971 bits per heavy atom. The third-order valence-electron chi connectivity index (χ3n) is 5.03. The van der Waals surface area contributed by atoms with E-state index >= 15 is 0 Å². The number of amides is 2. The van der Waals surface area contributed by atoms with Crippen molar-refractivity contribution < 1.29 is 23.9 Å². The molecule has 8 nitrogen and oxygen atoms in total. The number of aromatic nitrogens is 1. The van der Waals surface area contributed by atoms with Gasteiger partial charge in [-0.3, -0.25) is 9.69 Å². The van der Waals surface area contributed by atoms with Gasteiger partial charge in [-0.15, -0.1) is 0 Å². The summed E-state index contributed by atoms with van der Waals surface area (Å²) in [4.78, 5) is 43.5. The van der Waals surface area contributed by atoms with Gasteiger partial charge in [0.15, 0.2) is 0 Å². The first-order valence-corrected chi connectivity index (χ1v) is 11.4. The summed E-state index contributed by atoms with van der Waals surface area (Å²) < 4.78 is 10.9. The van der Waals surface area contributed by atoms with E-state index in [1.165, 1.54) is 4.90 Å². The Morgan fingerprint density at radius 3 is 2.29 bits per heavy atom. The van der Waals surface area contributed by atoms with Crippen molar-refractivity contribution >= 4 is 23.8 Å². The van der Waals surface area contributed by atoms with Gasteiger partial charge in [0, 0.05) is 18.3 Å². The van der Waals surface area contributed by atoms with Crippen molar-refractivity contribution in [1.29, 1.82) is 0 Å². The molecule has 0 bridgehead atoms. The molecule has 1 atom stereocenters. The van der Waals surface area contributed by atoms with E-state index in [-0.39, 0.29) is 5.91 Å². The Kier molecular flexibility index (Phi) is 7.29. The van der Waals surface area contributed by atoms with E-state index in [4.69, 9.17) is 9.47 Å². The number of rotatable bonds is 4. The predicted molar refractivity (Wildman–Crippen MR) is 129 cm³/mol. The van der Waals surface area contributed by atoms with Crippen LogP contribution in [0.25, 0.3) is 11.1 Å². The van der Waals surface area contributed by atoms with Crippen molar-refractivity contribution in [3.63, 3.8) is 0 Å². The van der Waals surface area contributed by atoms with Gasteiger partial charge in [0.1, 0.15) is 23.1 Å². The van der Waals surface area contributed by atoms with Crippen LogP contribution in [0.2, 0.25) is 0 Å². The van der Waals surface area contributed by atoms with E-state index in [0.29, 0.717) is 24.3 Å². The smallest absolute Gasteiger partial charge is 0.410 e. The van der Waals surface area contributed by atoms with Crippen LogP contribution in [-0.2, 0) is 14.3 Å². The highest BCUT2D eigenvalue weighted by Gasteiger charge is 2.36. The molecule has 8 heteroatoms. The summed E-state index contributed by atoms with van der Waals surface area (Å²) in [5.41, 5.74) is 0.847. The van der Waals surface area contributed by atoms with Gasteiger partial charge in [-0.05, 0) is 84.2 Å². The van der Waals surface area contributed by atoms with Gasteiger partial charge in [-0.25, -0.2) is 14.6 Å². The Morgan fingerprint density at radius 2 is 1.68 bits per heavy atom. The van der Waals surface area contributed by atoms with Gasteiger partial charge in [-0.2, -0.15) is 0 Å². The Hall–Kier alpha value is -3.42. The number of carbonyl (C=O) groups excluding carboxylic acids is 3. The van der Waals surface area contributed by atoms with E-state index in [0.717, 1.165) is 17.5 Å². The zero-order valence-corrected chi connectivity index (χ0v) is 20.7. The molecule has 1 aromatic heterocycles. The fourth-order valence-corrected chi connectivity index (χ4v) is 3.59. The van der Waals surface area contributed by atoms with E-state index in [9.17, 15) is 14.4 Å². The van der Waals surface area contributed by atoms with Crippen molar-refractivity contribution in [3.05, 3.63) is 48.2 Å². The van der Waals surface area contributed by atoms with Crippen molar-refractivity contribution in [2.75, 3.05) is 11.9 Å². The molecule has 1 aromatic carbocycles. The summed E-state index contributed by atoms with van der Waals surface area (Å²) in [5, 5.41) is 2.79. The number of likely N-dealkylation sites (tertiary alicyclic amines) is 1. The van der Waals surface area contributed by atoms with E-state index in [1.54, 1.807) is 51.2 Å². The second-order valence-electron chi connectivity index (χ2n) is 10.3. The largest absolute Gasteiger partial charge is 0.456 e. The summed E-state index contributed by atoms with van der Waals surface area (Å²) >= 11 is 0. The van der Waals surface area contributed by atoms with Crippen LogP contribution >= 0.6 is 0 Å². The van der Waals surface area contributed by atoms with Crippen LogP contribution < -0.4 is 5.32 Å². The molecule has 1 aliphatic rings. The lowest BCUT2D eigenvalue weighted by Gasteiger charge is -2.27. The van der Waals surface area contributed by atoms with Crippen molar-refractivity contribution in [2.45, 2.75) is 71.6 Å². The second-order valence-corrected chi connectivity index (χ2v) is 10.3. The molecule has 1 N–H and O–H groups in total. The fraction of sp³-hybridized carbons (Fsp3) is 0.462. The third-order valence-corrected chi connectivity index (χ3v) is 5.03. The highest BCUT2D eigenvalue weighted by molar-refractivity contribution is 5.96. The van der Waals surface area contributed by atoms with Gasteiger partial charge in [0.25, 0.3) is 0 Å². The maximum atomic E-state index is 12.8. The highest BCUT2D eigenvalue weighted by atomic mass is 16.6. The summed E-state index contributed by atoms with van der Waals surface area (Å²) in [6, 6.07) is 10.0. The fourth-order valence-electron chi connectivity index (χ4n) is 3.59.